The largest absolute Gasteiger partial charge is 0.456 e. The van der Waals surface area contributed by atoms with E-state index < -0.39 is 0 Å². The fourth-order valence-corrected chi connectivity index (χ4v) is 7.97. The summed E-state index contributed by atoms with van der Waals surface area (Å²) >= 11 is 0. The molecule has 0 spiro atoms. The van der Waals surface area contributed by atoms with Crippen LogP contribution in [0, 0.1) is 0 Å². The third-order valence-electron chi connectivity index (χ3n) is 10.5. The zero-order valence-corrected chi connectivity index (χ0v) is 29.6. The SMILES string of the molecule is c1ccc(-c2ccc(N(c3ccc4c(-c5ccccc5)cc5oc6ccccc6c5c4c3)c3ccccc3-c3ccccc3-c3ccccc3)cc2)cc1. The van der Waals surface area contributed by atoms with Crippen molar-refractivity contribution in [3.8, 4) is 44.5 Å². The van der Waals surface area contributed by atoms with Gasteiger partial charge in [0.2, 0.25) is 0 Å². The van der Waals surface area contributed by atoms with E-state index in [1.807, 2.05) is 6.07 Å². The Balaban J connectivity index is 1.24. The molecule has 0 aliphatic rings. The Labute approximate surface area is 314 Å². The molecule has 0 aliphatic carbocycles. The molecule has 0 radical (unpaired) electrons. The molecule has 0 unspecified atom stereocenters. The zero-order chi connectivity index (χ0) is 35.8. The Morgan fingerprint density at radius 2 is 0.833 bits per heavy atom. The second-order valence-corrected chi connectivity index (χ2v) is 13.7. The molecule has 10 rings (SSSR count). The zero-order valence-electron chi connectivity index (χ0n) is 29.6. The minimum Gasteiger partial charge on any atom is -0.456 e. The van der Waals surface area contributed by atoms with Crippen molar-refractivity contribution in [1.82, 2.24) is 0 Å². The highest BCUT2D eigenvalue weighted by atomic mass is 16.3. The molecular formula is C52H35NO. The van der Waals surface area contributed by atoms with Gasteiger partial charge in [0.15, 0.2) is 0 Å². The van der Waals surface area contributed by atoms with Gasteiger partial charge in [0.05, 0.1) is 5.69 Å². The Kier molecular flexibility index (Phi) is 7.85. The molecule has 54 heavy (non-hydrogen) atoms. The van der Waals surface area contributed by atoms with Crippen LogP contribution < -0.4 is 4.90 Å². The summed E-state index contributed by atoms with van der Waals surface area (Å²) in [4.78, 5) is 2.41. The van der Waals surface area contributed by atoms with Crippen LogP contribution in [0.4, 0.5) is 17.1 Å². The molecule has 9 aromatic carbocycles. The van der Waals surface area contributed by atoms with E-state index in [4.69, 9.17) is 4.42 Å². The van der Waals surface area contributed by atoms with E-state index in [2.05, 4.69) is 211 Å². The summed E-state index contributed by atoms with van der Waals surface area (Å²) in [5.74, 6) is 0. The van der Waals surface area contributed by atoms with Crippen LogP contribution in [0.25, 0.3) is 77.2 Å². The van der Waals surface area contributed by atoms with Gasteiger partial charge in [-0.1, -0.05) is 170 Å². The maximum atomic E-state index is 6.57. The number of hydrogen-bond donors (Lipinski definition) is 0. The van der Waals surface area contributed by atoms with Crippen molar-refractivity contribution >= 4 is 49.8 Å². The number of nitrogens with zero attached hydrogens (tertiary/aromatic N) is 1. The van der Waals surface area contributed by atoms with Gasteiger partial charge in [0.1, 0.15) is 11.2 Å². The third-order valence-corrected chi connectivity index (χ3v) is 10.5. The summed E-state index contributed by atoms with van der Waals surface area (Å²) in [5.41, 5.74) is 14.4. The predicted molar refractivity (Wildman–Crippen MR) is 228 cm³/mol. The first-order valence-corrected chi connectivity index (χ1v) is 18.4. The van der Waals surface area contributed by atoms with Gasteiger partial charge < -0.3 is 9.32 Å². The quantitative estimate of drug-likeness (QED) is 0.166. The van der Waals surface area contributed by atoms with Crippen molar-refractivity contribution in [2.24, 2.45) is 0 Å². The third kappa shape index (κ3) is 5.53. The highest BCUT2D eigenvalue weighted by Crippen LogP contribution is 2.47. The van der Waals surface area contributed by atoms with Crippen LogP contribution in [0.15, 0.2) is 217 Å². The molecule has 0 saturated carbocycles. The van der Waals surface area contributed by atoms with Crippen LogP contribution in [-0.2, 0) is 0 Å². The monoisotopic (exact) mass is 689 g/mol. The number of benzene rings is 9. The lowest BCUT2D eigenvalue weighted by atomic mass is 9.92. The van der Waals surface area contributed by atoms with E-state index in [1.54, 1.807) is 0 Å². The maximum Gasteiger partial charge on any atom is 0.136 e. The number of furan rings is 1. The molecule has 10 aromatic rings. The molecule has 2 heteroatoms. The van der Waals surface area contributed by atoms with Gasteiger partial charge in [0.25, 0.3) is 0 Å². The summed E-state index contributed by atoms with van der Waals surface area (Å²) in [5, 5.41) is 4.59. The number of hydrogen-bond acceptors (Lipinski definition) is 2. The van der Waals surface area contributed by atoms with Crippen molar-refractivity contribution in [3.63, 3.8) is 0 Å². The molecule has 254 valence electrons. The molecule has 2 nitrogen and oxygen atoms in total. The summed E-state index contributed by atoms with van der Waals surface area (Å²) in [7, 11) is 0. The molecule has 0 N–H and O–H groups in total. The predicted octanol–water partition coefficient (Wildman–Crippen LogP) is 14.9. The number of para-hydroxylation sites is 2. The van der Waals surface area contributed by atoms with Crippen molar-refractivity contribution in [2.75, 3.05) is 4.90 Å². The second kappa shape index (κ2) is 13.4. The van der Waals surface area contributed by atoms with Crippen LogP contribution in [0.2, 0.25) is 0 Å². The highest BCUT2D eigenvalue weighted by Gasteiger charge is 2.22. The average Bonchev–Trinajstić information content (AvgIpc) is 3.64. The molecule has 0 aliphatic heterocycles. The topological polar surface area (TPSA) is 16.4 Å². The average molecular weight is 690 g/mol. The Morgan fingerprint density at radius 3 is 1.56 bits per heavy atom. The van der Waals surface area contributed by atoms with Crippen LogP contribution in [0.1, 0.15) is 0 Å². The normalized spacial score (nSPS) is 11.3. The molecule has 0 amide bonds. The lowest BCUT2D eigenvalue weighted by Gasteiger charge is -2.29. The number of rotatable bonds is 7. The Hall–Kier alpha value is -7.16. The van der Waals surface area contributed by atoms with Gasteiger partial charge in [-0.3, -0.25) is 0 Å². The fourth-order valence-electron chi connectivity index (χ4n) is 7.97. The lowest BCUT2D eigenvalue weighted by molar-refractivity contribution is 0.669. The van der Waals surface area contributed by atoms with Crippen molar-refractivity contribution in [1.29, 1.82) is 0 Å². The van der Waals surface area contributed by atoms with Gasteiger partial charge in [0, 0.05) is 27.7 Å². The summed E-state index contributed by atoms with van der Waals surface area (Å²) in [6.07, 6.45) is 0. The molecule has 0 atom stereocenters. The van der Waals surface area contributed by atoms with Crippen molar-refractivity contribution in [3.05, 3.63) is 212 Å². The van der Waals surface area contributed by atoms with Gasteiger partial charge in [-0.25, -0.2) is 0 Å². The van der Waals surface area contributed by atoms with E-state index in [-0.39, 0.29) is 0 Å². The summed E-state index contributed by atoms with van der Waals surface area (Å²) in [6.45, 7) is 0. The van der Waals surface area contributed by atoms with Crippen molar-refractivity contribution in [2.45, 2.75) is 0 Å². The first kappa shape index (κ1) is 31.6. The molecule has 0 saturated heterocycles. The first-order valence-electron chi connectivity index (χ1n) is 18.4. The van der Waals surface area contributed by atoms with Gasteiger partial charge in [-0.2, -0.15) is 0 Å². The standard InChI is InChI=1S/C52H35NO/c1-4-16-36(17-5-1)37-28-30-40(31-29-37)53(49-26-14-12-24-45(49)43-23-11-10-22-42(43)38-18-6-2-7-19-38)41-32-33-44-47(39-20-8-3-9-21-39)35-51-52(48(44)34-41)46-25-13-15-27-50(46)54-51/h1-35H. The summed E-state index contributed by atoms with van der Waals surface area (Å²) in [6, 6.07) is 75.8. The summed E-state index contributed by atoms with van der Waals surface area (Å²) < 4.78 is 6.57. The van der Waals surface area contributed by atoms with Crippen molar-refractivity contribution < 1.29 is 4.42 Å². The number of fused-ring (bicyclic) bond motifs is 5. The molecule has 1 aromatic heterocycles. The van der Waals surface area contributed by atoms with Gasteiger partial charge >= 0.3 is 0 Å². The lowest BCUT2D eigenvalue weighted by Crippen LogP contribution is -2.11. The fraction of sp³-hybridized carbons (Fsp3) is 0. The van der Waals surface area contributed by atoms with Crippen LogP contribution in [0.3, 0.4) is 0 Å². The Morgan fingerprint density at radius 1 is 0.296 bits per heavy atom. The van der Waals surface area contributed by atoms with Crippen LogP contribution in [0.5, 0.6) is 0 Å². The van der Waals surface area contributed by atoms with E-state index in [0.717, 1.165) is 61.1 Å². The van der Waals surface area contributed by atoms with E-state index in [1.165, 1.54) is 33.2 Å². The minimum absolute atomic E-state index is 0.885. The molecule has 0 fully saturated rings. The minimum atomic E-state index is 0.885. The van der Waals surface area contributed by atoms with E-state index >= 15 is 0 Å². The smallest absolute Gasteiger partial charge is 0.136 e. The van der Waals surface area contributed by atoms with Gasteiger partial charge in [-0.15, -0.1) is 0 Å². The van der Waals surface area contributed by atoms with E-state index in [9.17, 15) is 0 Å². The van der Waals surface area contributed by atoms with E-state index in [0.29, 0.717) is 0 Å². The maximum absolute atomic E-state index is 6.57. The van der Waals surface area contributed by atoms with Gasteiger partial charge in [-0.05, 0) is 92.2 Å². The Bertz CT molecular complexity index is 2910. The number of anilines is 3. The highest BCUT2D eigenvalue weighted by molar-refractivity contribution is 6.22. The molecule has 1 heterocycles. The van der Waals surface area contributed by atoms with Crippen LogP contribution >= 0.6 is 0 Å². The molecule has 0 bridgehead atoms. The van der Waals surface area contributed by atoms with Crippen LogP contribution in [-0.4, -0.2) is 0 Å². The second-order valence-electron chi connectivity index (χ2n) is 13.7. The first-order chi connectivity index (χ1) is 26.8. The molecular weight excluding hydrogens is 655 g/mol.